The largest absolute Gasteiger partial charge is 0.454 e. The molecule has 0 aromatic rings. The van der Waals surface area contributed by atoms with Crippen molar-refractivity contribution in [2.45, 2.75) is 327 Å². The highest BCUT2D eigenvalue weighted by Crippen LogP contribution is 2.26. The lowest BCUT2D eigenvalue weighted by atomic mass is 9.99. The van der Waals surface area contributed by atoms with Gasteiger partial charge in [-0.2, -0.15) is 0 Å². The number of amides is 1. The van der Waals surface area contributed by atoms with Gasteiger partial charge in [0.25, 0.3) is 0 Å². The van der Waals surface area contributed by atoms with Gasteiger partial charge in [0.1, 0.15) is 24.4 Å². The molecule has 1 rings (SSSR count). The van der Waals surface area contributed by atoms with Crippen LogP contribution in [0.1, 0.15) is 278 Å². The normalized spacial score (nSPS) is 19.0. The van der Waals surface area contributed by atoms with Crippen molar-refractivity contribution in [3.63, 3.8) is 0 Å². The van der Waals surface area contributed by atoms with Crippen LogP contribution in [0.2, 0.25) is 0 Å². The Bertz CT molecular complexity index is 1950. The molecule has 8 atom stereocenters. The average Bonchev–Trinajstić information content (AvgIpc) is 1.36. The maximum atomic E-state index is 13.5. The molecule has 0 saturated carbocycles. The van der Waals surface area contributed by atoms with E-state index in [0.717, 1.165) is 122 Å². The summed E-state index contributed by atoms with van der Waals surface area (Å²) in [6.07, 6.45) is 79.1. The molecule has 1 fully saturated rings. The number of hydrogen-bond donors (Lipinski definition) is 6. The molecule has 0 aliphatic carbocycles. The molecular formula is C77H129NO10. The van der Waals surface area contributed by atoms with E-state index in [2.05, 4.69) is 148 Å². The van der Waals surface area contributed by atoms with E-state index in [4.69, 9.17) is 14.2 Å². The van der Waals surface area contributed by atoms with Crippen LogP contribution in [0.25, 0.3) is 0 Å². The van der Waals surface area contributed by atoms with Gasteiger partial charge >= 0.3 is 5.97 Å². The number of aliphatic hydroxyl groups is 5. The molecule has 0 radical (unpaired) electrons. The third-order valence-electron chi connectivity index (χ3n) is 15.8. The van der Waals surface area contributed by atoms with Crippen molar-refractivity contribution in [2.75, 3.05) is 13.2 Å². The Hall–Kier alpha value is -4.20. The van der Waals surface area contributed by atoms with Crippen molar-refractivity contribution in [3.8, 4) is 0 Å². The monoisotopic (exact) mass is 1230 g/mol. The molecule has 11 nitrogen and oxygen atoms in total. The number of carbonyl (C=O) groups is 2. The van der Waals surface area contributed by atoms with Crippen molar-refractivity contribution in [2.24, 2.45) is 0 Å². The van der Waals surface area contributed by atoms with Crippen molar-refractivity contribution in [1.82, 2.24) is 5.32 Å². The zero-order valence-corrected chi connectivity index (χ0v) is 55.8. The molecule has 0 aromatic heterocycles. The van der Waals surface area contributed by atoms with Gasteiger partial charge in [0.15, 0.2) is 12.4 Å². The number of aliphatic hydroxyl groups excluding tert-OH is 5. The van der Waals surface area contributed by atoms with Gasteiger partial charge in [-0.05, 0) is 122 Å². The van der Waals surface area contributed by atoms with Crippen LogP contribution in [0, 0.1) is 0 Å². The molecule has 502 valence electrons. The number of rotatable bonds is 59. The van der Waals surface area contributed by atoms with Crippen molar-refractivity contribution in [3.05, 3.63) is 134 Å². The van der Waals surface area contributed by atoms with E-state index in [9.17, 15) is 35.1 Å². The lowest BCUT2D eigenvalue weighted by molar-refractivity contribution is -0.305. The summed E-state index contributed by atoms with van der Waals surface area (Å²) in [7, 11) is 0. The van der Waals surface area contributed by atoms with Gasteiger partial charge in [0, 0.05) is 6.42 Å². The zero-order valence-electron chi connectivity index (χ0n) is 55.8. The minimum atomic E-state index is -1.64. The summed E-state index contributed by atoms with van der Waals surface area (Å²) >= 11 is 0. The minimum absolute atomic E-state index is 0.0614. The topological polar surface area (TPSA) is 175 Å². The van der Waals surface area contributed by atoms with Crippen LogP contribution in [0.4, 0.5) is 0 Å². The van der Waals surface area contributed by atoms with Crippen LogP contribution in [0.15, 0.2) is 134 Å². The van der Waals surface area contributed by atoms with Crippen LogP contribution < -0.4 is 5.32 Å². The molecule has 8 unspecified atom stereocenters. The molecule has 88 heavy (non-hydrogen) atoms. The Morgan fingerprint density at radius 3 is 1.25 bits per heavy atom. The Balaban J connectivity index is 2.62. The standard InChI is InChI=1S/C77H129NO10/c1-4-7-10-13-16-19-22-25-27-29-31-33-34-35-36-37-39-40-42-44-46-49-52-55-58-61-64-70(81)76(85)78-68(69(80)63-60-57-54-51-48-24-21-18-15-12-9-6-3)67-86-77-75(74(84)73(83)71(66-79)87-77)88-72(82)65-62-59-56-53-50-47-45-43-41-38-32-30-28-26-23-20-17-14-11-8-5-2/h8,11,16-17,19-20,25-28,31-33,35-36,38,43,45,50,53,60,63,68-71,73-75,77,79-81,83-84H,4-7,9-10,12-15,18,21-24,29-30,34,37,39-42,44,46-49,51-52,54-59,61-62,64-67H2,1-3H3,(H,78,85)/b11-8-,19-16-,20-17-,27-25-,28-26-,33-31-,36-35-,38-32-,45-43-,53-50-,63-60+. The molecule has 1 aliphatic heterocycles. The Morgan fingerprint density at radius 1 is 0.455 bits per heavy atom. The molecule has 1 aliphatic rings. The molecule has 1 saturated heterocycles. The predicted octanol–water partition coefficient (Wildman–Crippen LogP) is 18.3. The van der Waals surface area contributed by atoms with Gasteiger partial charge in [0.2, 0.25) is 5.91 Å². The summed E-state index contributed by atoms with van der Waals surface area (Å²) in [5.74, 6) is -1.25. The fraction of sp³-hybridized carbons (Fsp3) is 0.688. The van der Waals surface area contributed by atoms with Crippen LogP contribution in [-0.4, -0.2) is 99.6 Å². The molecule has 1 amide bonds. The molecule has 0 bridgehead atoms. The Kier molecular flexibility index (Phi) is 58.5. The lowest BCUT2D eigenvalue weighted by Gasteiger charge is -2.41. The number of esters is 1. The Labute approximate surface area is 537 Å². The second kappa shape index (κ2) is 63.0. The van der Waals surface area contributed by atoms with Gasteiger partial charge in [-0.15, -0.1) is 0 Å². The number of unbranched alkanes of at least 4 members (excludes halogenated alkanes) is 25. The maximum absolute atomic E-state index is 13.5. The summed E-state index contributed by atoms with van der Waals surface area (Å²) < 4.78 is 17.6. The predicted molar refractivity (Wildman–Crippen MR) is 370 cm³/mol. The van der Waals surface area contributed by atoms with Crippen LogP contribution in [0.5, 0.6) is 0 Å². The van der Waals surface area contributed by atoms with Crippen molar-refractivity contribution in [1.29, 1.82) is 0 Å². The summed E-state index contributed by atoms with van der Waals surface area (Å²) in [4.78, 5) is 26.7. The number of allylic oxidation sites excluding steroid dienone is 21. The SMILES string of the molecule is CC/C=C\C/C=C\C/C=C\C/C=C\C/C=C\C/C=C\CCCCC(=O)OC1C(OCC(NC(=O)C(O)CCCCCCCCCCCC/C=C\C/C=C\C/C=C\C/C=C\CCCCC)C(O)/C=C/CCCCCCCCCCCC)OC(CO)C(O)C1O. The summed E-state index contributed by atoms with van der Waals surface area (Å²) in [5, 5.41) is 57.2. The molecule has 0 spiro atoms. The highest BCUT2D eigenvalue weighted by molar-refractivity contribution is 5.80. The van der Waals surface area contributed by atoms with Crippen LogP contribution >= 0.6 is 0 Å². The maximum Gasteiger partial charge on any atom is 0.306 e. The molecule has 1 heterocycles. The van der Waals surface area contributed by atoms with Gasteiger partial charge in [-0.3, -0.25) is 9.59 Å². The second-order valence-corrected chi connectivity index (χ2v) is 23.9. The molecule has 6 N–H and O–H groups in total. The summed E-state index contributed by atoms with van der Waals surface area (Å²) in [6, 6.07) is -1.05. The first-order valence-corrected chi connectivity index (χ1v) is 35.5. The summed E-state index contributed by atoms with van der Waals surface area (Å²) in [5.41, 5.74) is 0. The first-order valence-electron chi connectivity index (χ1n) is 35.5. The van der Waals surface area contributed by atoms with Crippen molar-refractivity contribution >= 4 is 11.9 Å². The first-order chi connectivity index (χ1) is 43.2. The highest BCUT2D eigenvalue weighted by Gasteiger charge is 2.47. The van der Waals surface area contributed by atoms with E-state index >= 15 is 0 Å². The van der Waals surface area contributed by atoms with Gasteiger partial charge in [-0.25, -0.2) is 0 Å². The second-order valence-electron chi connectivity index (χ2n) is 23.9. The van der Waals surface area contributed by atoms with E-state index in [1.54, 1.807) is 6.08 Å². The lowest BCUT2D eigenvalue weighted by Crippen LogP contribution is -2.61. The number of carbonyl (C=O) groups excluding carboxylic acids is 2. The average molecular weight is 1230 g/mol. The smallest absolute Gasteiger partial charge is 0.306 e. The Morgan fingerprint density at radius 2 is 0.818 bits per heavy atom. The van der Waals surface area contributed by atoms with E-state index in [0.29, 0.717) is 12.8 Å². The van der Waals surface area contributed by atoms with Gasteiger partial charge in [-0.1, -0.05) is 283 Å². The third kappa shape index (κ3) is 49.6. The quantitative estimate of drug-likeness (QED) is 0.0195. The molecule has 11 heteroatoms. The van der Waals surface area contributed by atoms with E-state index < -0.39 is 67.4 Å². The third-order valence-corrected chi connectivity index (χ3v) is 15.8. The zero-order chi connectivity index (χ0) is 63.9. The molecular weight excluding hydrogens is 1100 g/mol. The fourth-order valence-electron chi connectivity index (χ4n) is 10.2. The first kappa shape index (κ1) is 81.8. The van der Waals surface area contributed by atoms with E-state index in [-0.39, 0.29) is 19.4 Å². The molecule has 0 aromatic carbocycles. The van der Waals surface area contributed by atoms with Gasteiger partial charge < -0.3 is 45.1 Å². The minimum Gasteiger partial charge on any atom is -0.454 e. The number of nitrogens with one attached hydrogen (secondary N) is 1. The van der Waals surface area contributed by atoms with E-state index in [1.807, 2.05) is 6.08 Å². The van der Waals surface area contributed by atoms with Crippen LogP contribution in [-0.2, 0) is 23.8 Å². The van der Waals surface area contributed by atoms with Crippen molar-refractivity contribution < 1.29 is 49.3 Å². The fourth-order valence-corrected chi connectivity index (χ4v) is 10.2. The highest BCUT2D eigenvalue weighted by atomic mass is 16.7. The number of ether oxygens (including phenoxy) is 3. The number of hydrogen-bond acceptors (Lipinski definition) is 10. The van der Waals surface area contributed by atoms with Crippen LogP contribution in [0.3, 0.4) is 0 Å². The summed E-state index contributed by atoms with van der Waals surface area (Å²) in [6.45, 7) is 5.63. The van der Waals surface area contributed by atoms with Gasteiger partial charge in [0.05, 0.1) is 25.4 Å². The van der Waals surface area contributed by atoms with E-state index in [1.165, 1.54) is 109 Å².